The molecule has 1 aromatic carbocycles. The van der Waals surface area contributed by atoms with E-state index in [1.807, 2.05) is 6.92 Å². The zero-order chi connectivity index (χ0) is 15.6. The molecule has 3 unspecified atom stereocenters. The second-order valence-corrected chi connectivity index (χ2v) is 5.56. The average molecular weight is 302 g/mol. The van der Waals surface area contributed by atoms with Crippen LogP contribution in [-0.4, -0.2) is 17.4 Å². The van der Waals surface area contributed by atoms with Crippen LogP contribution in [0.4, 0.5) is 13.2 Å². The van der Waals surface area contributed by atoms with E-state index in [0.717, 1.165) is 6.42 Å². The van der Waals surface area contributed by atoms with E-state index in [1.54, 1.807) is 6.07 Å². The number of aliphatic carboxylic acids is 1. The highest BCUT2D eigenvalue weighted by atomic mass is 19.4. The maximum Gasteiger partial charge on any atom is 0.573 e. The number of carboxylic acids is 1. The smallest absolute Gasteiger partial charge is 0.481 e. The van der Waals surface area contributed by atoms with Crippen molar-refractivity contribution >= 4 is 5.97 Å². The van der Waals surface area contributed by atoms with Crippen molar-refractivity contribution in [3.63, 3.8) is 0 Å². The molecule has 3 atom stereocenters. The Labute approximate surface area is 120 Å². The number of rotatable bonds is 3. The number of para-hydroxylation sites is 1. The maximum absolute atomic E-state index is 12.5. The summed E-state index contributed by atoms with van der Waals surface area (Å²) in [5, 5.41) is 9.32. The minimum atomic E-state index is -4.78. The fourth-order valence-electron chi connectivity index (χ4n) is 3.02. The lowest BCUT2D eigenvalue weighted by molar-refractivity contribution is -0.275. The van der Waals surface area contributed by atoms with Gasteiger partial charge in [-0.3, -0.25) is 4.79 Å². The topological polar surface area (TPSA) is 46.5 Å². The monoisotopic (exact) mass is 302 g/mol. The highest BCUT2D eigenvalue weighted by Gasteiger charge is 2.38. The standard InChI is InChI=1S/C15H17F3O3/c1-9-6-7-11(14(19)20)12(8-9)10-4-2-3-5-13(10)21-15(16,17)18/h2-5,9,11-12H,6-8H2,1H3,(H,19,20). The number of alkyl halides is 3. The summed E-state index contributed by atoms with van der Waals surface area (Å²) in [4.78, 5) is 11.4. The Morgan fingerprint density at radius 1 is 1.29 bits per heavy atom. The number of carboxylic acid groups (broad SMARTS) is 1. The first-order chi connectivity index (χ1) is 9.78. The summed E-state index contributed by atoms with van der Waals surface area (Å²) < 4.78 is 41.5. The SMILES string of the molecule is CC1CCC(C(=O)O)C(c2ccccc2OC(F)(F)F)C1. The van der Waals surface area contributed by atoms with Crippen LogP contribution >= 0.6 is 0 Å². The van der Waals surface area contributed by atoms with Gasteiger partial charge in [-0.25, -0.2) is 0 Å². The summed E-state index contributed by atoms with van der Waals surface area (Å²) in [6.07, 6.45) is -2.98. The molecule has 116 valence electrons. The van der Waals surface area contributed by atoms with Crippen molar-refractivity contribution in [1.82, 2.24) is 0 Å². The van der Waals surface area contributed by atoms with Gasteiger partial charge in [0.25, 0.3) is 0 Å². The fraction of sp³-hybridized carbons (Fsp3) is 0.533. The molecule has 2 rings (SSSR count). The number of carbonyl (C=O) groups is 1. The molecule has 1 aromatic rings. The van der Waals surface area contributed by atoms with Gasteiger partial charge < -0.3 is 9.84 Å². The van der Waals surface area contributed by atoms with Gasteiger partial charge in [0.2, 0.25) is 0 Å². The molecule has 1 aliphatic rings. The molecule has 0 bridgehead atoms. The molecule has 0 radical (unpaired) electrons. The molecule has 0 saturated heterocycles. The largest absolute Gasteiger partial charge is 0.573 e. The quantitative estimate of drug-likeness (QED) is 0.910. The zero-order valence-corrected chi connectivity index (χ0v) is 11.6. The van der Waals surface area contributed by atoms with E-state index in [9.17, 15) is 23.1 Å². The van der Waals surface area contributed by atoms with E-state index in [2.05, 4.69) is 4.74 Å². The minimum Gasteiger partial charge on any atom is -0.481 e. The van der Waals surface area contributed by atoms with Crippen molar-refractivity contribution in [1.29, 1.82) is 0 Å². The summed E-state index contributed by atoms with van der Waals surface area (Å²) in [6, 6.07) is 5.82. The molecule has 1 saturated carbocycles. The van der Waals surface area contributed by atoms with Crippen LogP contribution in [0, 0.1) is 11.8 Å². The van der Waals surface area contributed by atoms with Gasteiger partial charge in [0, 0.05) is 5.92 Å². The molecule has 3 nitrogen and oxygen atoms in total. The molecule has 0 aromatic heterocycles. The molecule has 0 aliphatic heterocycles. The number of halogens is 3. The molecule has 1 aliphatic carbocycles. The summed E-state index contributed by atoms with van der Waals surface area (Å²) in [6.45, 7) is 1.98. The van der Waals surface area contributed by atoms with E-state index < -0.39 is 24.2 Å². The van der Waals surface area contributed by atoms with Crippen molar-refractivity contribution in [2.24, 2.45) is 11.8 Å². The van der Waals surface area contributed by atoms with Crippen LogP contribution in [-0.2, 0) is 4.79 Å². The van der Waals surface area contributed by atoms with Gasteiger partial charge in [-0.05, 0) is 36.8 Å². The van der Waals surface area contributed by atoms with Crippen molar-refractivity contribution in [3.05, 3.63) is 29.8 Å². The van der Waals surface area contributed by atoms with Crippen molar-refractivity contribution in [2.75, 3.05) is 0 Å². The van der Waals surface area contributed by atoms with Gasteiger partial charge in [-0.1, -0.05) is 25.1 Å². The third-order valence-electron chi connectivity index (χ3n) is 3.97. The van der Waals surface area contributed by atoms with Gasteiger partial charge in [-0.15, -0.1) is 13.2 Å². The Kier molecular flexibility index (Phi) is 4.44. The van der Waals surface area contributed by atoms with Crippen LogP contribution in [0.5, 0.6) is 5.75 Å². The highest BCUT2D eigenvalue weighted by Crippen LogP contribution is 2.44. The van der Waals surface area contributed by atoms with Crippen LogP contribution < -0.4 is 4.74 Å². The molecular weight excluding hydrogens is 285 g/mol. The lowest BCUT2D eigenvalue weighted by atomic mass is 9.71. The first-order valence-corrected chi connectivity index (χ1v) is 6.85. The molecule has 1 fully saturated rings. The Morgan fingerprint density at radius 3 is 2.57 bits per heavy atom. The molecule has 21 heavy (non-hydrogen) atoms. The molecule has 1 N–H and O–H groups in total. The predicted octanol–water partition coefficient (Wildman–Crippen LogP) is 4.19. The van der Waals surface area contributed by atoms with E-state index >= 15 is 0 Å². The van der Waals surface area contributed by atoms with Crippen molar-refractivity contribution < 1.29 is 27.8 Å². The fourth-order valence-corrected chi connectivity index (χ4v) is 3.02. The molecule has 6 heteroatoms. The third kappa shape index (κ3) is 3.89. The van der Waals surface area contributed by atoms with Crippen molar-refractivity contribution in [3.8, 4) is 5.75 Å². The number of ether oxygens (including phenoxy) is 1. The Hall–Kier alpha value is -1.72. The Morgan fingerprint density at radius 2 is 1.95 bits per heavy atom. The first kappa shape index (κ1) is 15.7. The van der Waals surface area contributed by atoms with Gasteiger partial charge in [0.15, 0.2) is 0 Å². The van der Waals surface area contributed by atoms with Crippen LogP contribution in [0.1, 0.15) is 37.7 Å². The zero-order valence-electron chi connectivity index (χ0n) is 11.6. The Bertz CT molecular complexity index is 513. The van der Waals surface area contributed by atoms with E-state index in [1.165, 1.54) is 18.2 Å². The number of benzene rings is 1. The molecule has 0 spiro atoms. The summed E-state index contributed by atoms with van der Waals surface area (Å²) in [5.74, 6) is -2.10. The molecule has 0 heterocycles. The highest BCUT2D eigenvalue weighted by molar-refractivity contribution is 5.72. The van der Waals surface area contributed by atoms with Crippen LogP contribution in [0.2, 0.25) is 0 Å². The van der Waals surface area contributed by atoms with Gasteiger partial charge in [-0.2, -0.15) is 0 Å². The molecule has 0 amide bonds. The van der Waals surface area contributed by atoms with Gasteiger partial charge in [0.05, 0.1) is 5.92 Å². The number of hydrogen-bond donors (Lipinski definition) is 1. The summed E-state index contributed by atoms with van der Waals surface area (Å²) in [7, 11) is 0. The maximum atomic E-state index is 12.5. The van der Waals surface area contributed by atoms with E-state index in [0.29, 0.717) is 18.4 Å². The molecular formula is C15H17F3O3. The van der Waals surface area contributed by atoms with Gasteiger partial charge in [0.1, 0.15) is 5.75 Å². The second-order valence-electron chi connectivity index (χ2n) is 5.56. The lowest BCUT2D eigenvalue weighted by Gasteiger charge is -2.33. The van der Waals surface area contributed by atoms with Crippen LogP contribution in [0.15, 0.2) is 24.3 Å². The third-order valence-corrected chi connectivity index (χ3v) is 3.97. The van der Waals surface area contributed by atoms with Crippen LogP contribution in [0.25, 0.3) is 0 Å². The van der Waals surface area contributed by atoms with E-state index in [-0.39, 0.29) is 11.7 Å². The lowest BCUT2D eigenvalue weighted by Crippen LogP contribution is -2.29. The predicted molar refractivity (Wildman–Crippen MR) is 70.0 cm³/mol. The average Bonchev–Trinajstić information content (AvgIpc) is 2.37. The number of hydrogen-bond acceptors (Lipinski definition) is 2. The van der Waals surface area contributed by atoms with Crippen LogP contribution in [0.3, 0.4) is 0 Å². The summed E-state index contributed by atoms with van der Waals surface area (Å²) in [5.41, 5.74) is 0.328. The van der Waals surface area contributed by atoms with E-state index in [4.69, 9.17) is 0 Å². The first-order valence-electron chi connectivity index (χ1n) is 6.85. The normalized spacial score (nSPS) is 26.4. The Balaban J connectivity index is 2.36. The van der Waals surface area contributed by atoms with Gasteiger partial charge >= 0.3 is 12.3 Å². The van der Waals surface area contributed by atoms with Crippen molar-refractivity contribution in [2.45, 2.75) is 38.5 Å². The summed E-state index contributed by atoms with van der Waals surface area (Å²) >= 11 is 0. The minimum absolute atomic E-state index is 0.282. The second kappa shape index (κ2) is 5.95.